The number of amides is 3. The molecule has 0 aliphatic carbocycles. The molecule has 2 aromatic carbocycles. The number of carbonyl (C=O) groups is 2. The summed E-state index contributed by atoms with van der Waals surface area (Å²) in [6, 6.07) is 6.04. The number of aliphatic hydroxyl groups excluding tert-OH is 1. The van der Waals surface area contributed by atoms with Crippen molar-refractivity contribution in [2.75, 3.05) is 23.8 Å². The maximum absolute atomic E-state index is 13.2. The zero-order valence-electron chi connectivity index (χ0n) is 13.5. The van der Waals surface area contributed by atoms with Gasteiger partial charge in [-0.1, -0.05) is 11.6 Å². The molecule has 9 heteroatoms. The van der Waals surface area contributed by atoms with E-state index in [4.69, 9.17) is 16.7 Å². The fraction of sp³-hybridized carbons (Fsp3) is 0.176. The Bertz CT molecular complexity index is 798. The van der Waals surface area contributed by atoms with E-state index in [0.29, 0.717) is 12.5 Å². The molecule has 0 saturated heterocycles. The molecule has 0 aliphatic heterocycles. The smallest absolute Gasteiger partial charge is 0.323 e. The van der Waals surface area contributed by atoms with Crippen molar-refractivity contribution < 1.29 is 23.5 Å². The maximum Gasteiger partial charge on any atom is 0.323 e. The van der Waals surface area contributed by atoms with Crippen LogP contribution in [0.4, 0.5) is 25.0 Å². The second-order valence-corrected chi connectivity index (χ2v) is 5.70. The first-order valence-corrected chi connectivity index (χ1v) is 7.99. The third-order valence-corrected chi connectivity index (χ3v) is 3.45. The highest BCUT2D eigenvalue weighted by molar-refractivity contribution is 6.31. The Hall–Kier alpha value is -2.71. The van der Waals surface area contributed by atoms with E-state index in [1.165, 1.54) is 18.2 Å². The Kier molecular flexibility index (Phi) is 6.88. The highest BCUT2D eigenvalue weighted by atomic mass is 35.5. The van der Waals surface area contributed by atoms with Gasteiger partial charge in [0.15, 0.2) is 0 Å². The molecule has 0 heterocycles. The number of nitrogens with one attached hydrogen (secondary N) is 3. The predicted octanol–water partition coefficient (Wildman–Crippen LogP) is 3.37. The van der Waals surface area contributed by atoms with E-state index in [2.05, 4.69) is 16.0 Å². The van der Waals surface area contributed by atoms with Gasteiger partial charge in [-0.3, -0.25) is 4.79 Å². The number of halogens is 3. The van der Waals surface area contributed by atoms with Crippen LogP contribution < -0.4 is 16.0 Å². The van der Waals surface area contributed by atoms with Gasteiger partial charge in [0.1, 0.15) is 11.6 Å². The van der Waals surface area contributed by atoms with Crippen molar-refractivity contribution in [3.05, 3.63) is 58.6 Å². The molecule has 6 nitrogen and oxygen atoms in total. The maximum atomic E-state index is 13.2. The summed E-state index contributed by atoms with van der Waals surface area (Å²) in [5.74, 6) is -2.15. The van der Waals surface area contributed by atoms with Gasteiger partial charge in [-0.2, -0.15) is 0 Å². The molecule has 138 valence electrons. The standard InChI is InChI=1S/C17H16ClF2N3O3/c18-10-2-3-14(16(25)21-4-1-5-24)15(6-10)23-17(26)22-13-8-11(19)7-12(20)9-13/h2-3,6-9,24H,1,4-5H2,(H,21,25)(H2,22,23,26). The molecular weight excluding hydrogens is 368 g/mol. The second-order valence-electron chi connectivity index (χ2n) is 5.26. The number of aliphatic hydroxyl groups is 1. The summed E-state index contributed by atoms with van der Waals surface area (Å²) in [5, 5.41) is 16.3. The van der Waals surface area contributed by atoms with Crippen molar-refractivity contribution in [2.24, 2.45) is 0 Å². The third-order valence-electron chi connectivity index (χ3n) is 3.22. The topological polar surface area (TPSA) is 90.5 Å². The van der Waals surface area contributed by atoms with Gasteiger partial charge in [0.2, 0.25) is 0 Å². The van der Waals surface area contributed by atoms with Crippen molar-refractivity contribution in [2.45, 2.75) is 6.42 Å². The van der Waals surface area contributed by atoms with Crippen LogP contribution in [0.1, 0.15) is 16.8 Å². The van der Waals surface area contributed by atoms with Crippen LogP contribution in [0.5, 0.6) is 0 Å². The van der Waals surface area contributed by atoms with Crippen LogP contribution in [0.2, 0.25) is 5.02 Å². The Balaban J connectivity index is 2.13. The minimum Gasteiger partial charge on any atom is -0.396 e. The van der Waals surface area contributed by atoms with E-state index < -0.39 is 23.6 Å². The molecule has 0 unspecified atom stereocenters. The Morgan fingerprint density at radius 3 is 2.38 bits per heavy atom. The molecule has 0 atom stereocenters. The first kappa shape index (κ1) is 19.6. The van der Waals surface area contributed by atoms with Gasteiger partial charge in [-0.15, -0.1) is 0 Å². The Morgan fingerprint density at radius 2 is 1.73 bits per heavy atom. The Morgan fingerprint density at radius 1 is 1.04 bits per heavy atom. The first-order chi connectivity index (χ1) is 12.4. The van der Waals surface area contributed by atoms with Crippen LogP contribution in [0, 0.1) is 11.6 Å². The molecule has 0 aromatic heterocycles. The number of rotatable bonds is 6. The molecule has 0 fully saturated rings. The lowest BCUT2D eigenvalue weighted by molar-refractivity contribution is 0.0952. The Labute approximate surface area is 153 Å². The molecule has 2 rings (SSSR count). The number of hydrogen-bond acceptors (Lipinski definition) is 3. The van der Waals surface area contributed by atoms with Gasteiger partial charge >= 0.3 is 6.03 Å². The lowest BCUT2D eigenvalue weighted by atomic mass is 10.1. The van der Waals surface area contributed by atoms with E-state index >= 15 is 0 Å². The lowest BCUT2D eigenvalue weighted by Crippen LogP contribution is -2.27. The van der Waals surface area contributed by atoms with E-state index in [1.807, 2.05) is 0 Å². The average Bonchev–Trinajstić information content (AvgIpc) is 2.53. The average molecular weight is 384 g/mol. The highest BCUT2D eigenvalue weighted by Gasteiger charge is 2.14. The van der Waals surface area contributed by atoms with Crippen molar-refractivity contribution in [3.63, 3.8) is 0 Å². The summed E-state index contributed by atoms with van der Waals surface area (Å²) < 4.78 is 26.4. The van der Waals surface area contributed by atoms with Crippen LogP contribution in [0.3, 0.4) is 0 Å². The summed E-state index contributed by atoms with van der Waals surface area (Å²) >= 11 is 5.90. The largest absolute Gasteiger partial charge is 0.396 e. The summed E-state index contributed by atoms with van der Waals surface area (Å²) in [4.78, 5) is 24.3. The zero-order chi connectivity index (χ0) is 19.1. The minimum absolute atomic E-state index is 0.0708. The first-order valence-electron chi connectivity index (χ1n) is 7.62. The summed E-state index contributed by atoms with van der Waals surface area (Å²) in [5.41, 5.74) is 0.178. The van der Waals surface area contributed by atoms with Crippen molar-refractivity contribution >= 4 is 34.9 Å². The molecule has 0 radical (unpaired) electrons. The number of benzene rings is 2. The van der Waals surface area contributed by atoms with E-state index in [0.717, 1.165) is 12.1 Å². The zero-order valence-corrected chi connectivity index (χ0v) is 14.2. The van der Waals surface area contributed by atoms with E-state index in [1.54, 1.807) is 0 Å². The van der Waals surface area contributed by atoms with Crippen LogP contribution in [0.15, 0.2) is 36.4 Å². The fourth-order valence-corrected chi connectivity index (χ4v) is 2.28. The number of hydrogen-bond donors (Lipinski definition) is 4. The van der Waals surface area contributed by atoms with Gasteiger partial charge in [0.05, 0.1) is 11.3 Å². The van der Waals surface area contributed by atoms with E-state index in [-0.39, 0.29) is 35.1 Å². The van der Waals surface area contributed by atoms with Crippen LogP contribution >= 0.6 is 11.6 Å². The minimum atomic E-state index is -0.841. The molecule has 0 bridgehead atoms. The molecule has 0 aliphatic rings. The van der Waals surface area contributed by atoms with Gasteiger partial charge in [-0.05, 0) is 36.8 Å². The van der Waals surface area contributed by atoms with Crippen LogP contribution in [0.25, 0.3) is 0 Å². The van der Waals surface area contributed by atoms with Gasteiger partial charge in [0, 0.05) is 29.9 Å². The van der Waals surface area contributed by atoms with Crippen molar-refractivity contribution in [1.29, 1.82) is 0 Å². The van der Waals surface area contributed by atoms with E-state index in [9.17, 15) is 18.4 Å². The third kappa shape index (κ3) is 5.68. The molecule has 0 saturated carbocycles. The van der Waals surface area contributed by atoms with Crippen LogP contribution in [-0.4, -0.2) is 30.2 Å². The normalized spacial score (nSPS) is 10.3. The molecule has 26 heavy (non-hydrogen) atoms. The summed E-state index contributed by atoms with van der Waals surface area (Å²) in [6.45, 7) is 0.185. The summed E-state index contributed by atoms with van der Waals surface area (Å²) in [7, 11) is 0. The predicted molar refractivity (Wildman–Crippen MR) is 94.5 cm³/mol. The molecular formula is C17H16ClF2N3O3. The SMILES string of the molecule is O=C(Nc1cc(F)cc(F)c1)Nc1cc(Cl)ccc1C(=O)NCCCO. The second kappa shape index (κ2) is 9.12. The highest BCUT2D eigenvalue weighted by Crippen LogP contribution is 2.22. The fourth-order valence-electron chi connectivity index (χ4n) is 2.10. The van der Waals surface area contributed by atoms with Crippen molar-refractivity contribution in [1.82, 2.24) is 5.32 Å². The molecule has 0 spiro atoms. The number of urea groups is 1. The van der Waals surface area contributed by atoms with Gasteiger partial charge in [0.25, 0.3) is 5.91 Å². The lowest BCUT2D eigenvalue weighted by Gasteiger charge is -2.13. The molecule has 3 amide bonds. The monoisotopic (exact) mass is 383 g/mol. The number of carbonyl (C=O) groups excluding carboxylic acids is 2. The van der Waals surface area contributed by atoms with Gasteiger partial charge < -0.3 is 21.1 Å². The molecule has 4 N–H and O–H groups in total. The molecule has 2 aromatic rings. The summed E-state index contributed by atoms with van der Waals surface area (Å²) in [6.07, 6.45) is 0.383. The quantitative estimate of drug-likeness (QED) is 0.576. The van der Waals surface area contributed by atoms with Crippen LogP contribution in [-0.2, 0) is 0 Å². The van der Waals surface area contributed by atoms with Crippen molar-refractivity contribution in [3.8, 4) is 0 Å². The number of anilines is 2. The van der Waals surface area contributed by atoms with Gasteiger partial charge in [-0.25, -0.2) is 13.6 Å².